The molecule has 19 heavy (non-hydrogen) atoms. The van der Waals surface area contributed by atoms with Crippen molar-refractivity contribution in [3.8, 4) is 0 Å². The SMILES string of the molecule is O=C(O)C1CC(C(=O)NCc2ccc(Br)cc2F)C1. The van der Waals surface area contributed by atoms with Gasteiger partial charge in [0.25, 0.3) is 0 Å². The second-order valence-electron chi connectivity index (χ2n) is 4.66. The highest BCUT2D eigenvalue weighted by Gasteiger charge is 2.38. The molecule has 0 heterocycles. The number of carboxylic acid groups (broad SMARTS) is 1. The Morgan fingerprint density at radius 1 is 1.37 bits per heavy atom. The van der Waals surface area contributed by atoms with Gasteiger partial charge in [0, 0.05) is 22.5 Å². The van der Waals surface area contributed by atoms with Crippen LogP contribution in [-0.2, 0) is 16.1 Å². The number of nitrogens with one attached hydrogen (secondary N) is 1. The van der Waals surface area contributed by atoms with E-state index in [-0.39, 0.29) is 24.2 Å². The first-order chi connectivity index (χ1) is 8.97. The van der Waals surface area contributed by atoms with Crippen molar-refractivity contribution in [1.82, 2.24) is 5.32 Å². The van der Waals surface area contributed by atoms with Gasteiger partial charge in [-0.3, -0.25) is 9.59 Å². The quantitative estimate of drug-likeness (QED) is 0.890. The van der Waals surface area contributed by atoms with Gasteiger partial charge in [-0.1, -0.05) is 22.0 Å². The van der Waals surface area contributed by atoms with Crippen molar-refractivity contribution >= 4 is 27.8 Å². The molecule has 0 spiro atoms. The van der Waals surface area contributed by atoms with Crippen LogP contribution in [0, 0.1) is 17.7 Å². The Labute approximate surface area is 118 Å². The van der Waals surface area contributed by atoms with Crippen LogP contribution in [0.15, 0.2) is 22.7 Å². The predicted molar refractivity (Wildman–Crippen MR) is 69.8 cm³/mol. The lowest BCUT2D eigenvalue weighted by Gasteiger charge is -2.30. The molecule has 2 N–H and O–H groups in total. The Morgan fingerprint density at radius 3 is 2.63 bits per heavy atom. The van der Waals surface area contributed by atoms with E-state index in [1.807, 2.05) is 0 Å². The van der Waals surface area contributed by atoms with Crippen molar-refractivity contribution in [3.05, 3.63) is 34.1 Å². The van der Waals surface area contributed by atoms with Crippen LogP contribution in [0.1, 0.15) is 18.4 Å². The summed E-state index contributed by atoms with van der Waals surface area (Å²) in [6.45, 7) is 0.117. The molecule has 1 aliphatic rings. The zero-order chi connectivity index (χ0) is 14.0. The molecule has 1 amide bonds. The van der Waals surface area contributed by atoms with E-state index in [1.54, 1.807) is 12.1 Å². The average molecular weight is 330 g/mol. The van der Waals surface area contributed by atoms with Crippen LogP contribution in [-0.4, -0.2) is 17.0 Å². The fourth-order valence-electron chi connectivity index (χ4n) is 2.03. The van der Waals surface area contributed by atoms with Crippen molar-refractivity contribution in [3.63, 3.8) is 0 Å². The average Bonchev–Trinajstić information content (AvgIpc) is 2.25. The largest absolute Gasteiger partial charge is 0.481 e. The lowest BCUT2D eigenvalue weighted by Crippen LogP contribution is -2.41. The summed E-state index contributed by atoms with van der Waals surface area (Å²) in [5.74, 6) is -2.13. The standard InChI is InChI=1S/C13H13BrFNO3/c14-10-2-1-7(11(15)5-10)6-16-12(17)8-3-9(4-8)13(18)19/h1-2,5,8-9H,3-4,6H2,(H,16,17)(H,18,19). The lowest BCUT2D eigenvalue weighted by atomic mass is 9.74. The van der Waals surface area contributed by atoms with E-state index in [0.717, 1.165) is 0 Å². The smallest absolute Gasteiger partial charge is 0.306 e. The Morgan fingerprint density at radius 2 is 2.05 bits per heavy atom. The Kier molecular flexibility index (Phi) is 4.19. The molecule has 1 fully saturated rings. The molecule has 1 aliphatic carbocycles. The third kappa shape index (κ3) is 3.32. The van der Waals surface area contributed by atoms with Crippen LogP contribution >= 0.6 is 15.9 Å². The first-order valence-electron chi connectivity index (χ1n) is 5.92. The van der Waals surface area contributed by atoms with Crippen molar-refractivity contribution in [1.29, 1.82) is 0 Å². The van der Waals surface area contributed by atoms with E-state index in [4.69, 9.17) is 5.11 Å². The molecule has 1 aromatic rings. The summed E-state index contributed by atoms with van der Waals surface area (Å²) < 4.78 is 14.1. The zero-order valence-electron chi connectivity index (χ0n) is 10.0. The fourth-order valence-corrected chi connectivity index (χ4v) is 2.36. The van der Waals surface area contributed by atoms with E-state index in [9.17, 15) is 14.0 Å². The lowest BCUT2D eigenvalue weighted by molar-refractivity contribution is -0.148. The molecule has 0 bridgehead atoms. The molecule has 2 rings (SSSR count). The van der Waals surface area contributed by atoms with Crippen LogP contribution in [0.2, 0.25) is 0 Å². The molecule has 0 aromatic heterocycles. The highest BCUT2D eigenvalue weighted by molar-refractivity contribution is 9.10. The maximum Gasteiger partial charge on any atom is 0.306 e. The maximum atomic E-state index is 13.5. The van der Waals surface area contributed by atoms with Gasteiger partial charge in [-0.15, -0.1) is 0 Å². The number of hydrogen-bond acceptors (Lipinski definition) is 2. The first kappa shape index (κ1) is 14.0. The molecule has 0 aliphatic heterocycles. The molecule has 0 atom stereocenters. The Hall–Kier alpha value is -1.43. The van der Waals surface area contributed by atoms with E-state index >= 15 is 0 Å². The van der Waals surface area contributed by atoms with Crippen molar-refractivity contribution in [2.75, 3.05) is 0 Å². The molecule has 0 saturated heterocycles. The van der Waals surface area contributed by atoms with Gasteiger partial charge in [0.15, 0.2) is 0 Å². The molecule has 0 unspecified atom stereocenters. The van der Waals surface area contributed by atoms with Gasteiger partial charge in [-0.05, 0) is 25.0 Å². The van der Waals surface area contributed by atoms with Crippen molar-refractivity contribution in [2.24, 2.45) is 11.8 Å². The van der Waals surface area contributed by atoms with E-state index in [0.29, 0.717) is 22.9 Å². The van der Waals surface area contributed by atoms with Gasteiger partial charge < -0.3 is 10.4 Å². The molecular weight excluding hydrogens is 317 g/mol. The molecular formula is C13H13BrFNO3. The minimum absolute atomic E-state index is 0.117. The number of carbonyl (C=O) groups is 2. The zero-order valence-corrected chi connectivity index (χ0v) is 11.6. The second kappa shape index (κ2) is 5.69. The van der Waals surface area contributed by atoms with Gasteiger partial charge in [0.1, 0.15) is 5.82 Å². The van der Waals surface area contributed by atoms with Crippen molar-refractivity contribution in [2.45, 2.75) is 19.4 Å². The Bertz CT molecular complexity index is 515. The predicted octanol–water partition coefficient (Wildman–Crippen LogP) is 2.32. The Balaban J connectivity index is 1.83. The van der Waals surface area contributed by atoms with E-state index in [1.165, 1.54) is 6.07 Å². The molecule has 1 saturated carbocycles. The minimum Gasteiger partial charge on any atom is -0.481 e. The highest BCUT2D eigenvalue weighted by atomic mass is 79.9. The second-order valence-corrected chi connectivity index (χ2v) is 5.57. The number of halogens is 2. The van der Waals surface area contributed by atoms with Crippen LogP contribution in [0.5, 0.6) is 0 Å². The molecule has 102 valence electrons. The van der Waals surface area contributed by atoms with Crippen LogP contribution in [0.25, 0.3) is 0 Å². The van der Waals surface area contributed by atoms with Crippen LogP contribution in [0.3, 0.4) is 0 Å². The van der Waals surface area contributed by atoms with Gasteiger partial charge >= 0.3 is 5.97 Å². The number of benzene rings is 1. The van der Waals surface area contributed by atoms with Gasteiger partial charge in [-0.25, -0.2) is 4.39 Å². The number of carboxylic acids is 1. The van der Waals surface area contributed by atoms with Crippen LogP contribution in [0.4, 0.5) is 4.39 Å². The van der Waals surface area contributed by atoms with Gasteiger partial charge in [-0.2, -0.15) is 0 Å². The molecule has 1 aromatic carbocycles. The summed E-state index contributed by atoms with van der Waals surface area (Å²) in [5, 5.41) is 11.4. The summed E-state index contributed by atoms with van der Waals surface area (Å²) >= 11 is 3.16. The van der Waals surface area contributed by atoms with Crippen molar-refractivity contribution < 1.29 is 19.1 Å². The number of carbonyl (C=O) groups excluding carboxylic acids is 1. The summed E-state index contributed by atoms with van der Waals surface area (Å²) in [4.78, 5) is 22.3. The topological polar surface area (TPSA) is 66.4 Å². The summed E-state index contributed by atoms with van der Waals surface area (Å²) in [6, 6.07) is 4.64. The third-order valence-corrected chi connectivity index (χ3v) is 3.82. The molecule has 6 heteroatoms. The normalized spacial score (nSPS) is 21.6. The number of aliphatic carboxylic acids is 1. The summed E-state index contributed by atoms with van der Waals surface area (Å²) in [7, 11) is 0. The maximum absolute atomic E-state index is 13.5. The molecule has 4 nitrogen and oxygen atoms in total. The summed E-state index contributed by atoms with van der Waals surface area (Å²) in [6.07, 6.45) is 0.730. The number of amides is 1. The number of rotatable bonds is 4. The van der Waals surface area contributed by atoms with Gasteiger partial charge in [0.2, 0.25) is 5.91 Å². The number of hydrogen-bond donors (Lipinski definition) is 2. The summed E-state index contributed by atoms with van der Waals surface area (Å²) in [5.41, 5.74) is 0.408. The monoisotopic (exact) mass is 329 g/mol. The fraction of sp³-hybridized carbons (Fsp3) is 0.385. The first-order valence-corrected chi connectivity index (χ1v) is 6.71. The van der Waals surface area contributed by atoms with Gasteiger partial charge in [0.05, 0.1) is 5.92 Å². The van der Waals surface area contributed by atoms with E-state index < -0.39 is 11.9 Å². The third-order valence-electron chi connectivity index (χ3n) is 3.33. The van der Waals surface area contributed by atoms with Crippen LogP contribution < -0.4 is 5.32 Å². The van der Waals surface area contributed by atoms with E-state index in [2.05, 4.69) is 21.2 Å². The minimum atomic E-state index is -0.858. The molecule has 0 radical (unpaired) electrons. The highest BCUT2D eigenvalue weighted by Crippen LogP contribution is 2.33.